The Balaban J connectivity index is 2.34. The third-order valence-corrected chi connectivity index (χ3v) is 3.65. The van der Waals surface area contributed by atoms with E-state index in [1.165, 1.54) is 7.05 Å². The zero-order valence-electron chi connectivity index (χ0n) is 10.8. The molecule has 100 valence electrons. The van der Waals surface area contributed by atoms with Crippen LogP contribution in [-0.4, -0.2) is 37.3 Å². The number of benzene rings is 1. The smallest absolute Gasteiger partial charge is 0.293 e. The number of carbonyl (C=O) groups excluding carboxylic acids is 2. The van der Waals surface area contributed by atoms with Crippen LogP contribution in [-0.2, 0) is 4.79 Å². The summed E-state index contributed by atoms with van der Waals surface area (Å²) in [5.74, 6) is 0.903. The maximum absolute atomic E-state index is 11.8. The lowest BCUT2D eigenvalue weighted by Crippen LogP contribution is -2.22. The highest BCUT2D eigenvalue weighted by molar-refractivity contribution is 8.18. The predicted octanol–water partition coefficient (Wildman–Crippen LogP) is 2.37. The van der Waals surface area contributed by atoms with Crippen molar-refractivity contribution in [3.63, 3.8) is 0 Å². The van der Waals surface area contributed by atoms with Gasteiger partial charge in [0.15, 0.2) is 11.5 Å². The fraction of sp³-hybridized carbons (Fsp3) is 0.231. The van der Waals surface area contributed by atoms with Crippen LogP contribution < -0.4 is 9.47 Å². The van der Waals surface area contributed by atoms with Crippen LogP contribution in [0.4, 0.5) is 4.79 Å². The second kappa shape index (κ2) is 5.36. The topological polar surface area (TPSA) is 55.8 Å². The lowest BCUT2D eigenvalue weighted by Gasteiger charge is -2.07. The number of methoxy groups -OCH3 is 2. The fourth-order valence-corrected chi connectivity index (χ4v) is 2.47. The van der Waals surface area contributed by atoms with E-state index in [-0.39, 0.29) is 11.1 Å². The van der Waals surface area contributed by atoms with Gasteiger partial charge in [0.25, 0.3) is 11.1 Å². The van der Waals surface area contributed by atoms with Gasteiger partial charge in [-0.05, 0) is 35.5 Å². The average molecular weight is 279 g/mol. The maximum atomic E-state index is 11.8. The number of nitrogens with zero attached hydrogens (tertiary/aromatic N) is 1. The molecule has 0 N–H and O–H groups in total. The quantitative estimate of drug-likeness (QED) is 0.795. The van der Waals surface area contributed by atoms with Crippen molar-refractivity contribution in [2.75, 3.05) is 21.3 Å². The molecule has 1 fully saturated rings. The lowest BCUT2D eigenvalue weighted by molar-refractivity contribution is -0.121. The molecule has 2 amide bonds. The molecule has 0 aliphatic carbocycles. The molecule has 5 nitrogen and oxygen atoms in total. The predicted molar refractivity (Wildman–Crippen MR) is 73.3 cm³/mol. The van der Waals surface area contributed by atoms with E-state index in [1.54, 1.807) is 38.5 Å². The van der Waals surface area contributed by atoms with Gasteiger partial charge in [-0.1, -0.05) is 6.07 Å². The van der Waals surface area contributed by atoms with Crippen LogP contribution in [0.15, 0.2) is 23.1 Å². The monoisotopic (exact) mass is 279 g/mol. The molecule has 1 aromatic rings. The third kappa shape index (κ3) is 2.58. The molecule has 1 aliphatic rings. The number of amides is 2. The van der Waals surface area contributed by atoms with Crippen LogP contribution in [0.3, 0.4) is 0 Å². The maximum Gasteiger partial charge on any atom is 0.293 e. The molecule has 0 aromatic heterocycles. The number of imide groups is 1. The lowest BCUT2D eigenvalue weighted by atomic mass is 10.2. The van der Waals surface area contributed by atoms with Gasteiger partial charge < -0.3 is 9.47 Å². The normalized spacial score (nSPS) is 17.2. The number of hydrogen-bond acceptors (Lipinski definition) is 5. The second-order valence-electron chi connectivity index (χ2n) is 3.86. The van der Waals surface area contributed by atoms with Gasteiger partial charge in [-0.2, -0.15) is 0 Å². The third-order valence-electron chi connectivity index (χ3n) is 2.69. The van der Waals surface area contributed by atoms with Crippen molar-refractivity contribution in [2.24, 2.45) is 0 Å². The molecule has 0 saturated carbocycles. The Kier molecular flexibility index (Phi) is 3.80. The number of rotatable bonds is 3. The summed E-state index contributed by atoms with van der Waals surface area (Å²) in [6.07, 6.45) is 1.66. The number of carbonyl (C=O) groups is 2. The summed E-state index contributed by atoms with van der Waals surface area (Å²) >= 11 is 0.927. The molecule has 6 heteroatoms. The first-order valence-electron chi connectivity index (χ1n) is 5.50. The molecule has 19 heavy (non-hydrogen) atoms. The Labute approximate surface area is 115 Å². The van der Waals surface area contributed by atoms with Crippen molar-refractivity contribution >= 4 is 29.0 Å². The van der Waals surface area contributed by atoms with Crippen LogP contribution in [0.5, 0.6) is 11.5 Å². The number of thioether (sulfide) groups is 1. The Bertz CT molecular complexity index is 568. The van der Waals surface area contributed by atoms with E-state index in [1.807, 2.05) is 0 Å². The number of hydrogen-bond donors (Lipinski definition) is 0. The molecule has 0 atom stereocenters. The largest absolute Gasteiger partial charge is 0.493 e. The zero-order valence-corrected chi connectivity index (χ0v) is 11.6. The van der Waals surface area contributed by atoms with Crippen molar-refractivity contribution in [1.82, 2.24) is 4.90 Å². The first kappa shape index (κ1) is 13.5. The van der Waals surface area contributed by atoms with Crippen LogP contribution >= 0.6 is 11.8 Å². The van der Waals surface area contributed by atoms with E-state index in [0.29, 0.717) is 16.4 Å². The van der Waals surface area contributed by atoms with Crippen molar-refractivity contribution in [3.05, 3.63) is 28.7 Å². The summed E-state index contributed by atoms with van der Waals surface area (Å²) in [7, 11) is 4.56. The van der Waals surface area contributed by atoms with Gasteiger partial charge in [-0.15, -0.1) is 0 Å². The molecule has 0 radical (unpaired) electrons. The summed E-state index contributed by atoms with van der Waals surface area (Å²) in [6, 6.07) is 5.30. The molecule has 1 aliphatic heterocycles. The van der Waals surface area contributed by atoms with Crippen molar-refractivity contribution in [1.29, 1.82) is 0 Å². The Morgan fingerprint density at radius 2 is 1.84 bits per heavy atom. The number of likely N-dealkylation sites (N-methyl/N-ethyl adjacent to an activating group) is 1. The molecule has 2 rings (SSSR count). The van der Waals surface area contributed by atoms with Crippen LogP contribution in [0.1, 0.15) is 5.56 Å². The molecule has 0 spiro atoms. The summed E-state index contributed by atoms with van der Waals surface area (Å²) in [5.41, 5.74) is 0.775. The molecule has 1 saturated heterocycles. The zero-order chi connectivity index (χ0) is 14.0. The van der Waals surface area contributed by atoms with E-state index in [9.17, 15) is 9.59 Å². The van der Waals surface area contributed by atoms with E-state index in [0.717, 1.165) is 22.2 Å². The van der Waals surface area contributed by atoms with Crippen LogP contribution in [0.25, 0.3) is 6.08 Å². The van der Waals surface area contributed by atoms with Gasteiger partial charge in [0.05, 0.1) is 19.1 Å². The molecule has 0 bridgehead atoms. The fourth-order valence-electron chi connectivity index (χ4n) is 1.64. The highest BCUT2D eigenvalue weighted by Gasteiger charge is 2.31. The molecular weight excluding hydrogens is 266 g/mol. The first-order chi connectivity index (χ1) is 9.06. The Hall–Kier alpha value is -1.95. The van der Waals surface area contributed by atoms with Crippen LogP contribution in [0, 0.1) is 0 Å². The van der Waals surface area contributed by atoms with Gasteiger partial charge in [-0.3, -0.25) is 14.5 Å². The van der Waals surface area contributed by atoms with Gasteiger partial charge in [0, 0.05) is 7.05 Å². The van der Waals surface area contributed by atoms with Gasteiger partial charge >= 0.3 is 0 Å². The summed E-state index contributed by atoms with van der Waals surface area (Å²) < 4.78 is 10.3. The minimum atomic E-state index is -0.287. The Morgan fingerprint density at radius 3 is 2.37 bits per heavy atom. The highest BCUT2D eigenvalue weighted by atomic mass is 32.2. The van der Waals surface area contributed by atoms with Crippen LogP contribution in [0.2, 0.25) is 0 Å². The highest BCUT2D eigenvalue weighted by Crippen LogP contribution is 2.33. The van der Waals surface area contributed by atoms with Gasteiger partial charge in [-0.25, -0.2) is 0 Å². The van der Waals surface area contributed by atoms with Gasteiger partial charge in [0.1, 0.15) is 0 Å². The van der Waals surface area contributed by atoms with E-state index >= 15 is 0 Å². The molecule has 1 aromatic carbocycles. The van der Waals surface area contributed by atoms with E-state index < -0.39 is 0 Å². The summed E-state index contributed by atoms with van der Waals surface area (Å²) in [6.45, 7) is 0. The summed E-state index contributed by atoms with van der Waals surface area (Å²) in [5, 5.41) is -0.267. The average Bonchev–Trinajstić information content (AvgIpc) is 2.66. The van der Waals surface area contributed by atoms with Crippen molar-refractivity contribution in [2.45, 2.75) is 0 Å². The molecule has 0 unspecified atom stereocenters. The van der Waals surface area contributed by atoms with Gasteiger partial charge in [0.2, 0.25) is 0 Å². The minimum Gasteiger partial charge on any atom is -0.493 e. The Morgan fingerprint density at radius 1 is 1.16 bits per heavy atom. The van der Waals surface area contributed by atoms with Crippen molar-refractivity contribution in [3.8, 4) is 11.5 Å². The molecule has 1 heterocycles. The van der Waals surface area contributed by atoms with E-state index in [4.69, 9.17) is 9.47 Å². The second-order valence-corrected chi connectivity index (χ2v) is 4.85. The SMILES string of the molecule is COc1ccc(/C=C2\SC(=O)N(C)C2=O)cc1OC. The standard InChI is InChI=1S/C13H13NO4S/c1-14-12(15)11(19-13(14)16)7-8-4-5-9(17-2)10(6-8)18-3/h4-7H,1-3H3/b11-7-. The summed E-state index contributed by atoms with van der Waals surface area (Å²) in [4.78, 5) is 24.6. The molecular formula is C13H13NO4S. The van der Waals surface area contributed by atoms with Crippen molar-refractivity contribution < 1.29 is 19.1 Å². The first-order valence-corrected chi connectivity index (χ1v) is 6.32. The minimum absolute atomic E-state index is 0.267. The number of ether oxygens (including phenoxy) is 2. The van der Waals surface area contributed by atoms with E-state index in [2.05, 4.69) is 0 Å².